The highest BCUT2D eigenvalue weighted by molar-refractivity contribution is 5.76. The predicted octanol–water partition coefficient (Wildman–Crippen LogP) is 1.04. The third-order valence-corrected chi connectivity index (χ3v) is 1.50. The first-order valence-electron chi connectivity index (χ1n) is 3.55. The number of carbonyl (C=O) groups is 2. The quantitative estimate of drug-likeness (QED) is 0.649. The van der Waals surface area contributed by atoms with Crippen molar-refractivity contribution in [3.05, 3.63) is 23.8 Å². The van der Waals surface area contributed by atoms with Gasteiger partial charge in [-0.15, -0.1) is 0 Å². The smallest absolute Gasteiger partial charge is 0.298 e. The first-order valence-corrected chi connectivity index (χ1v) is 3.55. The number of benzene rings is 1. The van der Waals surface area contributed by atoms with E-state index in [4.69, 9.17) is 4.74 Å². The Morgan fingerprint density at radius 2 is 2.00 bits per heavy atom. The minimum Gasteiger partial charge on any atom is -0.493 e. The number of ether oxygens (including phenoxy) is 2. The van der Waals surface area contributed by atoms with Crippen molar-refractivity contribution in [2.45, 2.75) is 0 Å². The van der Waals surface area contributed by atoms with Crippen molar-refractivity contribution in [1.29, 1.82) is 0 Å². The largest absolute Gasteiger partial charge is 0.493 e. The highest BCUT2D eigenvalue weighted by atomic mass is 16.5. The van der Waals surface area contributed by atoms with Crippen LogP contribution in [-0.4, -0.2) is 19.9 Å². The highest BCUT2D eigenvalue weighted by Crippen LogP contribution is 2.26. The molecule has 68 valence electrons. The molecule has 0 bridgehead atoms. The van der Waals surface area contributed by atoms with Crippen molar-refractivity contribution in [3.63, 3.8) is 0 Å². The van der Waals surface area contributed by atoms with Gasteiger partial charge in [0.15, 0.2) is 11.5 Å². The van der Waals surface area contributed by atoms with Crippen LogP contribution in [0.5, 0.6) is 11.5 Å². The second-order valence-corrected chi connectivity index (χ2v) is 2.24. The van der Waals surface area contributed by atoms with E-state index >= 15 is 0 Å². The summed E-state index contributed by atoms with van der Waals surface area (Å²) < 4.78 is 9.50. The van der Waals surface area contributed by atoms with Crippen LogP contribution in [-0.2, 0) is 4.79 Å². The Kier molecular flexibility index (Phi) is 3.03. The summed E-state index contributed by atoms with van der Waals surface area (Å²) in [5, 5.41) is 0. The predicted molar refractivity (Wildman–Crippen MR) is 45.1 cm³/mol. The molecule has 1 aromatic carbocycles. The van der Waals surface area contributed by atoms with Crippen LogP contribution in [0.4, 0.5) is 0 Å². The van der Waals surface area contributed by atoms with Crippen molar-refractivity contribution in [3.8, 4) is 11.5 Å². The average Bonchev–Trinajstić information content (AvgIpc) is 2.18. The van der Waals surface area contributed by atoms with Crippen LogP contribution in [0.2, 0.25) is 0 Å². The molecule has 0 fully saturated rings. The molecule has 0 N–H and O–H groups in total. The van der Waals surface area contributed by atoms with Crippen molar-refractivity contribution in [2.24, 2.45) is 0 Å². The van der Waals surface area contributed by atoms with Crippen LogP contribution in [0, 0.1) is 0 Å². The molecule has 4 nitrogen and oxygen atoms in total. The van der Waals surface area contributed by atoms with Crippen molar-refractivity contribution >= 4 is 12.8 Å². The molecule has 0 aliphatic carbocycles. The maximum atomic E-state index is 10.4. The summed E-state index contributed by atoms with van der Waals surface area (Å²) in [7, 11) is 1.45. The fourth-order valence-electron chi connectivity index (χ4n) is 0.911. The first kappa shape index (κ1) is 9.25. The summed E-state index contributed by atoms with van der Waals surface area (Å²) in [6.45, 7) is 0.284. The van der Waals surface area contributed by atoms with Crippen LogP contribution in [0.1, 0.15) is 10.4 Å². The summed E-state index contributed by atoms with van der Waals surface area (Å²) in [5.41, 5.74) is 0.428. The van der Waals surface area contributed by atoms with Gasteiger partial charge in [-0.1, -0.05) is 0 Å². The van der Waals surface area contributed by atoms with Crippen molar-refractivity contribution in [1.82, 2.24) is 0 Å². The van der Waals surface area contributed by atoms with Crippen LogP contribution in [0.25, 0.3) is 0 Å². The Morgan fingerprint density at radius 3 is 2.54 bits per heavy atom. The van der Waals surface area contributed by atoms with E-state index < -0.39 is 0 Å². The van der Waals surface area contributed by atoms with Gasteiger partial charge in [0, 0.05) is 5.56 Å². The average molecular weight is 180 g/mol. The number of hydrogen-bond donors (Lipinski definition) is 0. The molecule has 0 aromatic heterocycles. The number of methoxy groups -OCH3 is 1. The van der Waals surface area contributed by atoms with Crippen LogP contribution < -0.4 is 9.47 Å². The van der Waals surface area contributed by atoms with E-state index in [1.807, 2.05) is 0 Å². The van der Waals surface area contributed by atoms with Gasteiger partial charge in [0.25, 0.3) is 6.47 Å². The molecular weight excluding hydrogens is 172 g/mol. The van der Waals surface area contributed by atoms with E-state index in [0.717, 1.165) is 0 Å². The van der Waals surface area contributed by atoms with E-state index in [9.17, 15) is 9.59 Å². The van der Waals surface area contributed by atoms with Gasteiger partial charge in [0.1, 0.15) is 6.29 Å². The van der Waals surface area contributed by atoms with E-state index in [2.05, 4.69) is 4.74 Å². The summed E-state index contributed by atoms with van der Waals surface area (Å²) in [6, 6.07) is 4.56. The fourth-order valence-corrected chi connectivity index (χ4v) is 0.911. The Hall–Kier alpha value is -1.84. The number of rotatable bonds is 4. The molecule has 0 aliphatic heterocycles. The lowest BCUT2D eigenvalue weighted by atomic mass is 10.2. The summed E-state index contributed by atoms with van der Waals surface area (Å²) in [4.78, 5) is 20.5. The summed E-state index contributed by atoms with van der Waals surface area (Å²) in [5.74, 6) is 0.653. The zero-order valence-corrected chi connectivity index (χ0v) is 7.02. The molecule has 1 rings (SSSR count). The van der Waals surface area contributed by atoms with Gasteiger partial charge in [-0.25, -0.2) is 0 Å². The zero-order valence-electron chi connectivity index (χ0n) is 7.02. The second-order valence-electron chi connectivity index (χ2n) is 2.24. The minimum absolute atomic E-state index is 0.238. The molecule has 0 saturated heterocycles. The normalized spacial score (nSPS) is 9.00. The lowest BCUT2D eigenvalue weighted by Crippen LogP contribution is -1.94. The molecule has 0 spiro atoms. The number of aldehydes is 1. The van der Waals surface area contributed by atoms with Gasteiger partial charge < -0.3 is 9.47 Å². The van der Waals surface area contributed by atoms with E-state index in [1.165, 1.54) is 13.2 Å². The Labute approximate surface area is 75.1 Å². The van der Waals surface area contributed by atoms with Crippen LogP contribution >= 0.6 is 0 Å². The molecule has 0 radical (unpaired) electrons. The third kappa shape index (κ3) is 2.05. The lowest BCUT2D eigenvalue weighted by Gasteiger charge is -2.05. The molecule has 0 saturated carbocycles. The molecule has 1 aromatic rings. The number of hydrogen-bond acceptors (Lipinski definition) is 4. The fraction of sp³-hybridized carbons (Fsp3) is 0.111. The second kappa shape index (κ2) is 4.25. The van der Waals surface area contributed by atoms with Crippen molar-refractivity contribution < 1.29 is 19.1 Å². The molecule has 0 atom stereocenters. The third-order valence-electron chi connectivity index (χ3n) is 1.50. The van der Waals surface area contributed by atoms with Crippen molar-refractivity contribution in [2.75, 3.05) is 7.11 Å². The maximum absolute atomic E-state index is 10.4. The molecule has 0 amide bonds. The van der Waals surface area contributed by atoms with Gasteiger partial charge >= 0.3 is 0 Å². The topological polar surface area (TPSA) is 52.6 Å². The van der Waals surface area contributed by atoms with E-state index in [1.54, 1.807) is 12.1 Å². The summed E-state index contributed by atoms with van der Waals surface area (Å²) in [6.07, 6.45) is 0.664. The molecule has 4 heteroatoms. The SMILES string of the molecule is COc1ccc(C=O)cc1OC=O. The van der Waals surface area contributed by atoms with Crippen LogP contribution in [0.15, 0.2) is 18.2 Å². The first-order chi connectivity index (χ1) is 6.31. The number of carbonyl (C=O) groups excluding carboxylic acids is 2. The van der Waals surface area contributed by atoms with Gasteiger partial charge in [-0.3, -0.25) is 9.59 Å². The van der Waals surface area contributed by atoms with Gasteiger partial charge in [0.2, 0.25) is 0 Å². The van der Waals surface area contributed by atoms with E-state index in [0.29, 0.717) is 17.6 Å². The molecular formula is C9H8O4. The molecule has 0 aliphatic rings. The van der Waals surface area contributed by atoms with Gasteiger partial charge in [0.05, 0.1) is 7.11 Å². The molecule has 0 unspecified atom stereocenters. The standard InChI is InChI=1S/C9H8O4/c1-12-8-3-2-7(5-10)4-9(8)13-6-11/h2-6H,1H3. The van der Waals surface area contributed by atoms with E-state index in [-0.39, 0.29) is 12.2 Å². The maximum Gasteiger partial charge on any atom is 0.298 e. The molecule has 0 heterocycles. The zero-order chi connectivity index (χ0) is 9.68. The summed E-state index contributed by atoms with van der Waals surface area (Å²) >= 11 is 0. The Bertz CT molecular complexity index is 319. The highest BCUT2D eigenvalue weighted by Gasteiger charge is 2.04. The lowest BCUT2D eigenvalue weighted by molar-refractivity contribution is -0.120. The monoisotopic (exact) mass is 180 g/mol. The Morgan fingerprint density at radius 1 is 1.23 bits per heavy atom. The van der Waals surface area contributed by atoms with Crippen LogP contribution in [0.3, 0.4) is 0 Å². The minimum atomic E-state index is 0.238. The Balaban J connectivity index is 3.08. The van der Waals surface area contributed by atoms with Gasteiger partial charge in [-0.2, -0.15) is 0 Å². The van der Waals surface area contributed by atoms with Gasteiger partial charge in [-0.05, 0) is 18.2 Å². The molecule has 13 heavy (non-hydrogen) atoms.